The van der Waals surface area contributed by atoms with Gasteiger partial charge in [0.15, 0.2) is 0 Å². The van der Waals surface area contributed by atoms with Crippen molar-refractivity contribution in [1.82, 2.24) is 5.32 Å². The van der Waals surface area contributed by atoms with Gasteiger partial charge in [-0.05, 0) is 33.0 Å². The number of hydrogen-bond acceptors (Lipinski definition) is 3. The van der Waals surface area contributed by atoms with E-state index >= 15 is 0 Å². The molecule has 0 bridgehead atoms. The van der Waals surface area contributed by atoms with Crippen LogP contribution in [0.25, 0.3) is 0 Å². The van der Waals surface area contributed by atoms with Crippen LogP contribution in [-0.2, 0) is 4.79 Å². The Balaban J connectivity index is 0.00000324. The highest BCUT2D eigenvalue weighted by Gasteiger charge is 2.10. The van der Waals surface area contributed by atoms with Gasteiger partial charge in [-0.25, -0.2) is 4.39 Å². The number of amides is 1. The number of benzene rings is 1. The van der Waals surface area contributed by atoms with Gasteiger partial charge in [0.1, 0.15) is 11.6 Å². The summed E-state index contributed by atoms with van der Waals surface area (Å²) in [6.07, 6.45) is 0.289. The Bertz CT molecular complexity index is 414. The molecule has 0 aromatic heterocycles. The topological polar surface area (TPSA) is 50.4 Å². The molecule has 1 aromatic carbocycles. The second kappa shape index (κ2) is 8.72. The second-order valence-corrected chi connectivity index (χ2v) is 4.21. The van der Waals surface area contributed by atoms with Crippen LogP contribution in [0.2, 0.25) is 0 Å². The number of ether oxygens (including phenoxy) is 1. The van der Waals surface area contributed by atoms with Crippen LogP contribution in [0.3, 0.4) is 0 Å². The molecule has 0 radical (unpaired) electrons. The maximum absolute atomic E-state index is 13.2. The first-order valence-electron chi connectivity index (χ1n) is 5.93. The zero-order chi connectivity index (χ0) is 13.5. The molecule has 0 saturated carbocycles. The summed E-state index contributed by atoms with van der Waals surface area (Å²) in [5.41, 5.74) is 0.366. The van der Waals surface area contributed by atoms with Crippen LogP contribution in [0.1, 0.15) is 20.3 Å². The molecule has 0 heterocycles. The third kappa shape index (κ3) is 6.40. The minimum absolute atomic E-state index is 0. The number of carbonyl (C=O) groups is 1. The van der Waals surface area contributed by atoms with Crippen LogP contribution in [0, 0.1) is 5.82 Å². The largest absolute Gasteiger partial charge is 0.489 e. The number of rotatable bonds is 6. The maximum Gasteiger partial charge on any atom is 0.225 e. The lowest BCUT2D eigenvalue weighted by Crippen LogP contribution is -2.19. The summed E-state index contributed by atoms with van der Waals surface area (Å²) < 4.78 is 18.7. The third-order valence-electron chi connectivity index (χ3n) is 2.18. The van der Waals surface area contributed by atoms with Crippen molar-refractivity contribution >= 4 is 24.0 Å². The molecule has 0 saturated heterocycles. The minimum Gasteiger partial charge on any atom is -0.489 e. The predicted molar refractivity (Wildman–Crippen MR) is 76.6 cm³/mol. The van der Waals surface area contributed by atoms with Crippen molar-refractivity contribution in [2.75, 3.05) is 18.9 Å². The van der Waals surface area contributed by atoms with E-state index in [-0.39, 0.29) is 24.4 Å². The van der Waals surface area contributed by atoms with Gasteiger partial charge in [0.05, 0.1) is 11.8 Å². The van der Waals surface area contributed by atoms with Gasteiger partial charge in [0, 0.05) is 19.0 Å². The second-order valence-electron chi connectivity index (χ2n) is 4.21. The molecule has 0 spiro atoms. The lowest BCUT2D eigenvalue weighted by Gasteiger charge is -2.15. The Kier molecular flexibility index (Phi) is 8.11. The Hall–Kier alpha value is -1.33. The number of anilines is 1. The monoisotopic (exact) mass is 290 g/mol. The van der Waals surface area contributed by atoms with Gasteiger partial charge >= 0.3 is 0 Å². The standard InChI is InChI=1S/C13H19FN2O2.ClH/c1-9(2)18-12-5-4-10(14)8-11(12)16-13(17)6-7-15-3;/h4-5,8-9,15H,6-7H2,1-3H3,(H,16,17);1H. The minimum atomic E-state index is -0.407. The average molecular weight is 291 g/mol. The molecule has 6 heteroatoms. The van der Waals surface area contributed by atoms with Crippen LogP contribution >= 0.6 is 12.4 Å². The van der Waals surface area contributed by atoms with Gasteiger partial charge in [0.25, 0.3) is 0 Å². The van der Waals surface area contributed by atoms with Crippen LogP contribution in [-0.4, -0.2) is 25.6 Å². The van der Waals surface area contributed by atoms with Gasteiger partial charge in [-0.2, -0.15) is 0 Å². The zero-order valence-corrected chi connectivity index (χ0v) is 12.1. The van der Waals surface area contributed by atoms with E-state index in [1.165, 1.54) is 18.2 Å². The van der Waals surface area contributed by atoms with Crippen molar-refractivity contribution in [3.8, 4) is 5.75 Å². The van der Waals surface area contributed by atoms with E-state index in [1.807, 2.05) is 13.8 Å². The molecule has 19 heavy (non-hydrogen) atoms. The van der Waals surface area contributed by atoms with Crippen molar-refractivity contribution in [3.63, 3.8) is 0 Å². The van der Waals surface area contributed by atoms with Crippen molar-refractivity contribution in [3.05, 3.63) is 24.0 Å². The molecular formula is C13H20ClFN2O2. The molecule has 1 amide bonds. The van der Waals surface area contributed by atoms with E-state index < -0.39 is 5.82 Å². The first-order chi connectivity index (χ1) is 8.52. The average Bonchev–Trinajstić information content (AvgIpc) is 2.29. The number of halogens is 2. The van der Waals surface area contributed by atoms with Crippen molar-refractivity contribution < 1.29 is 13.9 Å². The first-order valence-corrected chi connectivity index (χ1v) is 5.93. The lowest BCUT2D eigenvalue weighted by molar-refractivity contribution is -0.116. The van der Waals surface area contributed by atoms with Gasteiger partial charge in [0.2, 0.25) is 5.91 Å². The summed E-state index contributed by atoms with van der Waals surface area (Å²) >= 11 is 0. The molecular weight excluding hydrogens is 271 g/mol. The normalized spacial score (nSPS) is 9.95. The third-order valence-corrected chi connectivity index (χ3v) is 2.18. The molecule has 0 atom stereocenters. The molecule has 2 N–H and O–H groups in total. The van der Waals surface area contributed by atoms with Gasteiger partial charge in [-0.3, -0.25) is 4.79 Å². The van der Waals surface area contributed by atoms with E-state index in [1.54, 1.807) is 7.05 Å². The number of carbonyl (C=O) groups excluding carboxylic acids is 1. The summed E-state index contributed by atoms with van der Waals surface area (Å²) in [6, 6.07) is 4.08. The summed E-state index contributed by atoms with van der Waals surface area (Å²) in [5.74, 6) is -0.109. The van der Waals surface area contributed by atoms with Crippen LogP contribution in [0.5, 0.6) is 5.75 Å². The Labute approximate surface area is 119 Å². The number of nitrogens with one attached hydrogen (secondary N) is 2. The first kappa shape index (κ1) is 17.7. The molecule has 0 aliphatic carbocycles. The predicted octanol–water partition coefficient (Wildman–Crippen LogP) is 2.58. The molecule has 4 nitrogen and oxygen atoms in total. The van der Waals surface area contributed by atoms with Gasteiger partial charge in [-0.1, -0.05) is 0 Å². The van der Waals surface area contributed by atoms with E-state index in [0.29, 0.717) is 24.4 Å². The lowest BCUT2D eigenvalue weighted by atomic mass is 10.2. The Morgan fingerprint density at radius 1 is 1.42 bits per heavy atom. The van der Waals surface area contributed by atoms with Crippen LogP contribution in [0.4, 0.5) is 10.1 Å². The molecule has 108 valence electrons. The summed E-state index contributed by atoms with van der Waals surface area (Å²) in [7, 11) is 1.77. The van der Waals surface area contributed by atoms with Crippen LogP contribution in [0.15, 0.2) is 18.2 Å². The fourth-order valence-electron chi connectivity index (χ4n) is 1.41. The van der Waals surface area contributed by atoms with E-state index in [0.717, 1.165) is 0 Å². The maximum atomic E-state index is 13.2. The summed E-state index contributed by atoms with van der Waals surface area (Å²) in [6.45, 7) is 4.31. The van der Waals surface area contributed by atoms with Crippen LogP contribution < -0.4 is 15.4 Å². The quantitative estimate of drug-likeness (QED) is 0.847. The fourth-order valence-corrected chi connectivity index (χ4v) is 1.41. The summed E-state index contributed by atoms with van der Waals surface area (Å²) in [5, 5.41) is 5.52. The highest BCUT2D eigenvalue weighted by atomic mass is 35.5. The Morgan fingerprint density at radius 2 is 2.11 bits per heavy atom. The van der Waals surface area contributed by atoms with Crippen molar-refractivity contribution in [2.45, 2.75) is 26.4 Å². The van der Waals surface area contributed by atoms with Gasteiger partial charge in [-0.15, -0.1) is 12.4 Å². The van der Waals surface area contributed by atoms with Gasteiger partial charge < -0.3 is 15.4 Å². The molecule has 0 aliphatic heterocycles. The van der Waals surface area contributed by atoms with Crippen molar-refractivity contribution in [1.29, 1.82) is 0 Å². The highest BCUT2D eigenvalue weighted by molar-refractivity contribution is 5.92. The molecule has 0 aliphatic rings. The van der Waals surface area contributed by atoms with E-state index in [4.69, 9.17) is 4.74 Å². The van der Waals surface area contributed by atoms with Crippen molar-refractivity contribution in [2.24, 2.45) is 0 Å². The smallest absolute Gasteiger partial charge is 0.225 e. The zero-order valence-electron chi connectivity index (χ0n) is 11.3. The molecule has 1 rings (SSSR count). The molecule has 0 unspecified atom stereocenters. The highest BCUT2D eigenvalue weighted by Crippen LogP contribution is 2.26. The summed E-state index contributed by atoms with van der Waals surface area (Å²) in [4.78, 5) is 11.6. The molecule has 1 aromatic rings. The fraction of sp³-hybridized carbons (Fsp3) is 0.462. The SMILES string of the molecule is CNCCC(=O)Nc1cc(F)ccc1OC(C)C.Cl. The number of hydrogen-bond donors (Lipinski definition) is 2. The molecule has 0 fully saturated rings. The van der Waals surface area contributed by atoms with E-state index in [2.05, 4.69) is 10.6 Å². The van der Waals surface area contributed by atoms with E-state index in [9.17, 15) is 9.18 Å². The Morgan fingerprint density at radius 3 is 2.68 bits per heavy atom.